The van der Waals surface area contributed by atoms with Gasteiger partial charge in [0.25, 0.3) is 5.56 Å². The van der Waals surface area contributed by atoms with Gasteiger partial charge in [0.15, 0.2) is 16.7 Å². The van der Waals surface area contributed by atoms with Crippen molar-refractivity contribution in [2.24, 2.45) is 0 Å². The van der Waals surface area contributed by atoms with Crippen LogP contribution in [0, 0.1) is 4.77 Å². The smallest absolute Gasteiger partial charge is 0.459 e. The van der Waals surface area contributed by atoms with Crippen molar-refractivity contribution in [2.45, 2.75) is 64.3 Å². The number of halogens is 1. The molecule has 192 valence electrons. The third-order valence-corrected chi connectivity index (χ3v) is 6.98. The Hall–Kier alpha value is -2.37. The number of alkyl halides is 1. The number of ether oxygens (including phenoxy) is 2. The van der Waals surface area contributed by atoms with Crippen LogP contribution in [-0.2, 0) is 23.4 Å². The number of nitrogens with one attached hydrogen (secondary N) is 2. The van der Waals surface area contributed by atoms with Crippen molar-refractivity contribution in [2.75, 3.05) is 6.61 Å². The largest absolute Gasteiger partial charge is 0.462 e. The number of hydrogen-bond acceptors (Lipinski definition) is 8. The second-order valence-electron chi connectivity index (χ2n) is 8.64. The van der Waals surface area contributed by atoms with Crippen molar-refractivity contribution in [1.29, 1.82) is 0 Å². The third-order valence-electron chi connectivity index (χ3n) is 5.02. The average Bonchev–Trinajstić information content (AvgIpc) is 3.06. The number of carbonyl (C=O) groups is 1. The lowest BCUT2D eigenvalue weighted by atomic mass is 10.0. The summed E-state index contributed by atoms with van der Waals surface area (Å²) in [7, 11) is -4.12. The number of esters is 1. The van der Waals surface area contributed by atoms with Gasteiger partial charge in [-0.05, 0) is 52.0 Å². The highest BCUT2D eigenvalue weighted by Crippen LogP contribution is 2.47. The van der Waals surface area contributed by atoms with Gasteiger partial charge in [-0.3, -0.25) is 23.7 Å². The van der Waals surface area contributed by atoms with Gasteiger partial charge < -0.3 is 14.0 Å². The molecule has 0 bridgehead atoms. The van der Waals surface area contributed by atoms with Gasteiger partial charge >= 0.3 is 13.7 Å². The Morgan fingerprint density at radius 3 is 2.66 bits per heavy atom. The molecule has 2 heterocycles. The SMILES string of the molecule is CC(C)OC(=O)[C@H](C)NP(=O)(OC[C@@H]1CC(C)(F)[C@H](n2ccc(=O)[nH]c2=S)O1)Oc1ccccc1. The summed E-state index contributed by atoms with van der Waals surface area (Å²) in [6.45, 7) is 5.88. The quantitative estimate of drug-likeness (QED) is 0.267. The zero-order chi connectivity index (χ0) is 25.8. The molecule has 1 aliphatic rings. The molecule has 1 aromatic carbocycles. The first-order chi connectivity index (χ1) is 16.4. The molecule has 2 unspecified atom stereocenters. The van der Waals surface area contributed by atoms with E-state index in [1.807, 2.05) is 0 Å². The fourth-order valence-corrected chi connectivity index (χ4v) is 5.28. The van der Waals surface area contributed by atoms with Crippen molar-refractivity contribution in [3.63, 3.8) is 0 Å². The molecule has 0 spiro atoms. The lowest BCUT2D eigenvalue weighted by molar-refractivity contribution is -0.149. The lowest BCUT2D eigenvalue weighted by Crippen LogP contribution is -2.36. The van der Waals surface area contributed by atoms with E-state index in [9.17, 15) is 14.2 Å². The second kappa shape index (κ2) is 11.1. The van der Waals surface area contributed by atoms with E-state index < -0.39 is 43.3 Å². The summed E-state index contributed by atoms with van der Waals surface area (Å²) in [5.74, 6) is -0.394. The zero-order valence-electron chi connectivity index (χ0n) is 19.8. The molecule has 0 radical (unpaired) electrons. The molecule has 3 rings (SSSR count). The molecule has 2 N–H and O–H groups in total. The highest BCUT2D eigenvalue weighted by Gasteiger charge is 2.48. The number of aromatic amines is 1. The maximum atomic E-state index is 15.4. The van der Waals surface area contributed by atoms with Crippen LogP contribution in [-0.4, -0.2) is 46.0 Å². The third kappa shape index (κ3) is 7.31. The maximum Gasteiger partial charge on any atom is 0.459 e. The van der Waals surface area contributed by atoms with E-state index in [0.29, 0.717) is 0 Å². The van der Waals surface area contributed by atoms with Crippen molar-refractivity contribution in [3.05, 3.63) is 57.7 Å². The van der Waals surface area contributed by atoms with E-state index in [1.54, 1.807) is 44.2 Å². The van der Waals surface area contributed by atoms with Crippen molar-refractivity contribution >= 4 is 25.9 Å². The van der Waals surface area contributed by atoms with Crippen LogP contribution in [0.2, 0.25) is 0 Å². The molecule has 1 aliphatic heterocycles. The summed E-state index contributed by atoms with van der Waals surface area (Å²) in [5.41, 5.74) is -2.28. The number of aromatic nitrogens is 2. The van der Waals surface area contributed by atoms with Crippen LogP contribution in [0.4, 0.5) is 4.39 Å². The van der Waals surface area contributed by atoms with Crippen molar-refractivity contribution in [1.82, 2.24) is 14.6 Å². The average molecular weight is 530 g/mol. The van der Waals surface area contributed by atoms with E-state index in [4.69, 9.17) is 30.7 Å². The van der Waals surface area contributed by atoms with Gasteiger partial charge in [-0.25, -0.2) is 8.96 Å². The van der Waals surface area contributed by atoms with E-state index >= 15 is 4.39 Å². The molecule has 5 atom stereocenters. The number of para-hydroxylation sites is 1. The molecule has 1 aromatic heterocycles. The molecule has 0 amide bonds. The molecule has 35 heavy (non-hydrogen) atoms. The van der Waals surface area contributed by atoms with Crippen LogP contribution < -0.4 is 15.2 Å². The van der Waals surface area contributed by atoms with Crippen LogP contribution in [0.1, 0.15) is 40.3 Å². The van der Waals surface area contributed by atoms with Crippen LogP contribution in [0.15, 0.2) is 47.4 Å². The minimum Gasteiger partial charge on any atom is -0.462 e. The second-order valence-corrected chi connectivity index (χ2v) is 10.7. The number of nitrogens with zero attached hydrogens (tertiary/aromatic N) is 1. The van der Waals surface area contributed by atoms with Crippen LogP contribution >= 0.6 is 20.0 Å². The fraction of sp³-hybridized carbons (Fsp3) is 0.500. The Balaban J connectivity index is 1.75. The minimum atomic E-state index is -4.12. The monoisotopic (exact) mass is 529 g/mol. The molecule has 1 fully saturated rings. The molecular weight excluding hydrogens is 500 g/mol. The topological polar surface area (TPSA) is 121 Å². The number of benzene rings is 1. The van der Waals surface area contributed by atoms with Gasteiger partial charge in [0, 0.05) is 18.7 Å². The molecule has 13 heteroatoms. The minimum absolute atomic E-state index is 0.00480. The van der Waals surface area contributed by atoms with Gasteiger partial charge in [0.1, 0.15) is 11.8 Å². The summed E-state index contributed by atoms with van der Waals surface area (Å²) in [6, 6.07) is 8.47. The predicted molar refractivity (Wildman–Crippen MR) is 128 cm³/mol. The number of rotatable bonds is 10. The summed E-state index contributed by atoms with van der Waals surface area (Å²) in [5, 5.41) is 2.58. The predicted octanol–water partition coefficient (Wildman–Crippen LogP) is 4.05. The van der Waals surface area contributed by atoms with Gasteiger partial charge in [-0.2, -0.15) is 5.09 Å². The Bertz CT molecular complexity index is 1190. The van der Waals surface area contributed by atoms with E-state index in [1.165, 1.54) is 30.7 Å². The molecule has 1 saturated heterocycles. The Morgan fingerprint density at radius 2 is 2.03 bits per heavy atom. The first-order valence-corrected chi connectivity index (χ1v) is 13.0. The summed E-state index contributed by atoms with van der Waals surface area (Å²) < 4.78 is 52.4. The van der Waals surface area contributed by atoms with E-state index in [0.717, 1.165) is 0 Å². The van der Waals surface area contributed by atoms with Crippen LogP contribution in [0.25, 0.3) is 0 Å². The van der Waals surface area contributed by atoms with Crippen molar-refractivity contribution in [3.8, 4) is 5.75 Å². The normalized spacial score (nSPS) is 24.6. The Kier molecular flexibility index (Phi) is 8.66. The molecule has 2 aromatic rings. The standard InChI is InChI=1S/C22H29FN3O7PS/c1-14(2)31-19(28)15(3)25-34(29,33-16-8-6-5-7-9-16)30-13-17-12-22(4,23)20(32-17)26-11-10-18(27)24-21(26)35/h5-11,14-15,17,20H,12-13H2,1-4H3,(H,25,29)(H,24,27,35)/t15-,17-,20+,22?,34?/m0/s1. The van der Waals surface area contributed by atoms with Crippen LogP contribution in [0.3, 0.4) is 0 Å². The highest BCUT2D eigenvalue weighted by atomic mass is 32.1. The fourth-order valence-electron chi connectivity index (χ4n) is 3.50. The van der Waals surface area contributed by atoms with Gasteiger partial charge in [-0.1, -0.05) is 18.2 Å². The Morgan fingerprint density at radius 1 is 1.34 bits per heavy atom. The maximum absolute atomic E-state index is 15.4. The summed E-state index contributed by atoms with van der Waals surface area (Å²) in [6.07, 6.45) is -1.08. The summed E-state index contributed by atoms with van der Waals surface area (Å²) in [4.78, 5) is 26.1. The number of carbonyl (C=O) groups excluding carboxylic acids is 1. The van der Waals surface area contributed by atoms with Gasteiger partial charge in [0.2, 0.25) is 0 Å². The number of hydrogen-bond donors (Lipinski definition) is 2. The van der Waals surface area contributed by atoms with E-state index in [-0.39, 0.29) is 29.7 Å². The van der Waals surface area contributed by atoms with Gasteiger partial charge in [-0.15, -0.1) is 0 Å². The molecule has 10 nitrogen and oxygen atoms in total. The van der Waals surface area contributed by atoms with E-state index in [2.05, 4.69) is 10.1 Å². The zero-order valence-corrected chi connectivity index (χ0v) is 21.5. The summed E-state index contributed by atoms with van der Waals surface area (Å²) >= 11 is 5.13. The van der Waals surface area contributed by atoms with Gasteiger partial charge in [0.05, 0.1) is 18.8 Å². The Labute approximate surface area is 207 Å². The van der Waals surface area contributed by atoms with Crippen molar-refractivity contribution < 1.29 is 32.3 Å². The molecular formula is C22H29FN3O7PS. The van der Waals surface area contributed by atoms with Crippen LogP contribution in [0.5, 0.6) is 5.75 Å². The first-order valence-electron chi connectivity index (χ1n) is 11.0. The number of H-pyrrole nitrogens is 1. The first kappa shape index (κ1) is 27.2. The molecule has 0 aliphatic carbocycles. The molecule has 0 saturated carbocycles. The lowest BCUT2D eigenvalue weighted by Gasteiger charge is -2.24. The highest BCUT2D eigenvalue weighted by molar-refractivity contribution is 7.71.